The minimum atomic E-state index is -4.44. The van der Waals surface area contributed by atoms with Crippen molar-refractivity contribution in [2.75, 3.05) is 20.3 Å². The van der Waals surface area contributed by atoms with Crippen LogP contribution in [0.4, 0.5) is 0 Å². The molecule has 0 aliphatic heterocycles. The summed E-state index contributed by atoms with van der Waals surface area (Å²) in [4.78, 5) is 11.1. The van der Waals surface area contributed by atoms with Crippen LogP contribution in [0.5, 0.6) is 0 Å². The van der Waals surface area contributed by atoms with Crippen LogP contribution in [0.2, 0.25) is 0 Å². The Morgan fingerprint density at radius 3 is 2.32 bits per heavy atom. The summed E-state index contributed by atoms with van der Waals surface area (Å²) in [7, 11) is -3.00. The summed E-state index contributed by atoms with van der Waals surface area (Å²) in [5, 5.41) is 0. The second kappa shape index (κ2) is 8.63. The molecule has 0 aliphatic rings. The number of benzene rings is 1. The van der Waals surface area contributed by atoms with E-state index in [1.807, 2.05) is 13.8 Å². The van der Waals surface area contributed by atoms with E-state index in [0.29, 0.717) is 0 Å². The standard InChI is InChI=1S/C10H12O6S.C2H6/c1-15-6-7-16-10(11)8-4-2-3-5-9(8)17(12,13)14;1-2/h2-5H,6-7H2,1H3,(H,12,13,14);1-2H3. The molecule has 0 aromatic heterocycles. The van der Waals surface area contributed by atoms with E-state index in [4.69, 9.17) is 9.29 Å². The zero-order valence-corrected chi connectivity index (χ0v) is 11.9. The van der Waals surface area contributed by atoms with Gasteiger partial charge in [0.25, 0.3) is 10.1 Å². The Balaban J connectivity index is 0.00000154. The molecule has 0 radical (unpaired) electrons. The quantitative estimate of drug-likeness (QED) is 0.505. The van der Waals surface area contributed by atoms with Crippen LogP contribution in [0.15, 0.2) is 29.2 Å². The minimum Gasteiger partial charge on any atom is -0.460 e. The van der Waals surface area contributed by atoms with Gasteiger partial charge in [0.15, 0.2) is 0 Å². The highest BCUT2D eigenvalue weighted by Gasteiger charge is 2.20. The number of rotatable bonds is 5. The predicted octanol–water partition coefficient (Wildman–Crippen LogP) is 1.76. The largest absolute Gasteiger partial charge is 0.460 e. The third-order valence-electron chi connectivity index (χ3n) is 1.91. The molecule has 0 aliphatic carbocycles. The number of hydrogen-bond acceptors (Lipinski definition) is 5. The van der Waals surface area contributed by atoms with Gasteiger partial charge >= 0.3 is 5.97 Å². The Kier molecular flexibility index (Phi) is 7.97. The van der Waals surface area contributed by atoms with Crippen LogP contribution in [0.3, 0.4) is 0 Å². The third kappa shape index (κ3) is 5.82. The molecule has 0 spiro atoms. The van der Waals surface area contributed by atoms with E-state index in [0.717, 1.165) is 6.07 Å². The normalized spacial score (nSPS) is 10.3. The van der Waals surface area contributed by atoms with Gasteiger partial charge in [-0.15, -0.1) is 0 Å². The maximum absolute atomic E-state index is 11.5. The van der Waals surface area contributed by atoms with Gasteiger partial charge < -0.3 is 9.47 Å². The van der Waals surface area contributed by atoms with Crippen molar-refractivity contribution in [2.45, 2.75) is 18.7 Å². The van der Waals surface area contributed by atoms with E-state index < -0.39 is 21.0 Å². The number of hydrogen-bond donors (Lipinski definition) is 1. The van der Waals surface area contributed by atoms with Crippen molar-refractivity contribution in [1.82, 2.24) is 0 Å². The highest BCUT2D eigenvalue weighted by atomic mass is 32.2. The smallest absolute Gasteiger partial charge is 0.339 e. The van der Waals surface area contributed by atoms with Crippen LogP contribution in [-0.4, -0.2) is 39.3 Å². The molecule has 0 saturated heterocycles. The molecule has 19 heavy (non-hydrogen) atoms. The Hall–Kier alpha value is -1.44. The van der Waals surface area contributed by atoms with E-state index in [9.17, 15) is 13.2 Å². The lowest BCUT2D eigenvalue weighted by Gasteiger charge is -2.07. The summed E-state index contributed by atoms with van der Waals surface area (Å²) < 4.78 is 40.4. The van der Waals surface area contributed by atoms with Gasteiger partial charge in [0, 0.05) is 7.11 Å². The summed E-state index contributed by atoms with van der Waals surface area (Å²) in [5.74, 6) is -0.824. The summed E-state index contributed by atoms with van der Waals surface area (Å²) in [6.07, 6.45) is 0. The van der Waals surface area contributed by atoms with E-state index in [2.05, 4.69) is 4.74 Å². The molecule has 1 N–H and O–H groups in total. The molecule has 0 bridgehead atoms. The van der Waals surface area contributed by atoms with Crippen LogP contribution < -0.4 is 0 Å². The lowest BCUT2D eigenvalue weighted by molar-refractivity contribution is 0.0383. The Bertz CT molecular complexity index is 495. The summed E-state index contributed by atoms with van der Waals surface area (Å²) in [5.41, 5.74) is -0.203. The van der Waals surface area contributed by atoms with Crippen molar-refractivity contribution in [3.05, 3.63) is 29.8 Å². The SMILES string of the molecule is CC.COCCOC(=O)c1ccccc1S(=O)(=O)O. The minimum absolute atomic E-state index is 0.00907. The maximum Gasteiger partial charge on any atom is 0.339 e. The van der Waals surface area contributed by atoms with E-state index in [1.165, 1.54) is 25.3 Å². The first kappa shape index (κ1) is 17.6. The first-order chi connectivity index (χ1) is 8.96. The molecule has 0 heterocycles. The molecule has 0 atom stereocenters. The monoisotopic (exact) mass is 290 g/mol. The molecule has 6 nitrogen and oxygen atoms in total. The molecule has 0 saturated carbocycles. The highest BCUT2D eigenvalue weighted by molar-refractivity contribution is 7.86. The first-order valence-electron chi connectivity index (χ1n) is 5.69. The van der Waals surface area contributed by atoms with Crippen molar-refractivity contribution in [1.29, 1.82) is 0 Å². The summed E-state index contributed by atoms with van der Waals surface area (Å²) in [6.45, 7) is 4.22. The van der Waals surface area contributed by atoms with Gasteiger partial charge in [0.1, 0.15) is 11.5 Å². The van der Waals surface area contributed by atoms with Gasteiger partial charge in [-0.25, -0.2) is 4.79 Å². The topological polar surface area (TPSA) is 89.9 Å². The average Bonchev–Trinajstić information content (AvgIpc) is 2.40. The molecule has 1 aromatic carbocycles. The number of carbonyl (C=O) groups is 1. The maximum atomic E-state index is 11.5. The van der Waals surface area contributed by atoms with E-state index in [1.54, 1.807) is 0 Å². The van der Waals surface area contributed by atoms with E-state index in [-0.39, 0.29) is 18.8 Å². The molecule has 0 fully saturated rings. The fourth-order valence-corrected chi connectivity index (χ4v) is 1.84. The van der Waals surface area contributed by atoms with Gasteiger partial charge in [-0.2, -0.15) is 8.42 Å². The Morgan fingerprint density at radius 2 is 1.79 bits per heavy atom. The van der Waals surface area contributed by atoms with Crippen LogP contribution in [0.25, 0.3) is 0 Å². The zero-order valence-electron chi connectivity index (χ0n) is 11.1. The summed E-state index contributed by atoms with van der Waals surface area (Å²) >= 11 is 0. The highest BCUT2D eigenvalue weighted by Crippen LogP contribution is 2.15. The lowest BCUT2D eigenvalue weighted by atomic mass is 10.2. The van der Waals surface area contributed by atoms with Gasteiger partial charge in [0.2, 0.25) is 0 Å². The second-order valence-electron chi connectivity index (χ2n) is 3.10. The van der Waals surface area contributed by atoms with Crippen LogP contribution in [0, 0.1) is 0 Å². The molecular formula is C12H18O6S. The first-order valence-corrected chi connectivity index (χ1v) is 7.13. The van der Waals surface area contributed by atoms with Crippen molar-refractivity contribution in [3.63, 3.8) is 0 Å². The van der Waals surface area contributed by atoms with Crippen molar-refractivity contribution in [2.24, 2.45) is 0 Å². The van der Waals surface area contributed by atoms with Crippen molar-refractivity contribution < 1.29 is 27.2 Å². The zero-order chi connectivity index (χ0) is 14.9. The predicted molar refractivity (Wildman–Crippen MR) is 69.8 cm³/mol. The number of esters is 1. The number of carbonyl (C=O) groups excluding carboxylic acids is 1. The molecule has 108 valence electrons. The molecule has 1 rings (SSSR count). The van der Waals surface area contributed by atoms with Gasteiger partial charge in [-0.1, -0.05) is 26.0 Å². The van der Waals surface area contributed by atoms with Crippen LogP contribution >= 0.6 is 0 Å². The Labute approximate surface area is 113 Å². The van der Waals surface area contributed by atoms with Crippen LogP contribution in [-0.2, 0) is 19.6 Å². The molecule has 1 aromatic rings. The fourth-order valence-electron chi connectivity index (χ4n) is 1.16. The number of methoxy groups -OCH3 is 1. The Morgan fingerprint density at radius 1 is 1.21 bits per heavy atom. The summed E-state index contributed by atoms with van der Waals surface area (Å²) in [6, 6.07) is 5.26. The fraction of sp³-hybridized carbons (Fsp3) is 0.417. The average molecular weight is 290 g/mol. The third-order valence-corrected chi connectivity index (χ3v) is 2.82. The van der Waals surface area contributed by atoms with E-state index >= 15 is 0 Å². The molecule has 7 heteroatoms. The second-order valence-corrected chi connectivity index (χ2v) is 4.49. The number of ether oxygens (including phenoxy) is 2. The van der Waals surface area contributed by atoms with Gasteiger partial charge in [-0.05, 0) is 12.1 Å². The molecule has 0 unspecified atom stereocenters. The molecule has 0 amide bonds. The van der Waals surface area contributed by atoms with Crippen LogP contribution in [0.1, 0.15) is 24.2 Å². The van der Waals surface area contributed by atoms with Crippen molar-refractivity contribution in [3.8, 4) is 0 Å². The molecular weight excluding hydrogens is 272 g/mol. The lowest BCUT2D eigenvalue weighted by Crippen LogP contribution is -2.13. The van der Waals surface area contributed by atoms with Gasteiger partial charge in [-0.3, -0.25) is 4.55 Å². The van der Waals surface area contributed by atoms with Crippen molar-refractivity contribution >= 4 is 16.1 Å². The van der Waals surface area contributed by atoms with Gasteiger partial charge in [0.05, 0.1) is 12.2 Å².